The van der Waals surface area contributed by atoms with Gasteiger partial charge in [0.2, 0.25) is 0 Å². The molecule has 1 atom stereocenters. The maximum Gasteiger partial charge on any atom is 0.0619 e. The molecular formula is C11H25NO. The van der Waals surface area contributed by atoms with Crippen molar-refractivity contribution in [2.45, 2.75) is 46.6 Å². The summed E-state index contributed by atoms with van der Waals surface area (Å²) in [7, 11) is 2.01. The Labute approximate surface area is 83.1 Å². The van der Waals surface area contributed by atoms with Crippen molar-refractivity contribution in [1.29, 1.82) is 0 Å². The standard InChI is InChI=1S/C11H25NO/c1-6-7-13-9-10(12-5)8-11(2,3)4/h10,12H,6-9H2,1-5H3. The van der Waals surface area contributed by atoms with Gasteiger partial charge < -0.3 is 10.1 Å². The molecule has 0 amide bonds. The molecule has 0 bridgehead atoms. The highest BCUT2D eigenvalue weighted by Crippen LogP contribution is 2.20. The Bertz CT molecular complexity index is 118. The molecule has 0 radical (unpaired) electrons. The Hall–Kier alpha value is -0.0800. The zero-order valence-electron chi connectivity index (χ0n) is 9.81. The summed E-state index contributed by atoms with van der Waals surface area (Å²) in [6, 6.07) is 0.492. The predicted molar refractivity (Wildman–Crippen MR) is 58.0 cm³/mol. The van der Waals surface area contributed by atoms with E-state index in [0.717, 1.165) is 26.1 Å². The summed E-state index contributed by atoms with van der Waals surface area (Å²) in [5.41, 5.74) is 0.378. The van der Waals surface area contributed by atoms with Crippen LogP contribution in [0.3, 0.4) is 0 Å². The average Bonchev–Trinajstić information content (AvgIpc) is 2.01. The summed E-state index contributed by atoms with van der Waals surface area (Å²) < 4.78 is 5.52. The summed E-state index contributed by atoms with van der Waals surface area (Å²) in [5.74, 6) is 0. The average molecular weight is 187 g/mol. The van der Waals surface area contributed by atoms with Crippen LogP contribution in [0.15, 0.2) is 0 Å². The summed E-state index contributed by atoms with van der Waals surface area (Å²) in [4.78, 5) is 0. The van der Waals surface area contributed by atoms with Crippen LogP contribution >= 0.6 is 0 Å². The predicted octanol–water partition coefficient (Wildman–Crippen LogP) is 2.44. The van der Waals surface area contributed by atoms with Crippen LogP contribution in [0.1, 0.15) is 40.5 Å². The van der Waals surface area contributed by atoms with Crippen LogP contribution in [0, 0.1) is 5.41 Å². The Morgan fingerprint density at radius 1 is 1.31 bits per heavy atom. The molecule has 0 aromatic carbocycles. The normalized spacial score (nSPS) is 14.5. The van der Waals surface area contributed by atoms with E-state index in [1.165, 1.54) is 0 Å². The van der Waals surface area contributed by atoms with E-state index in [0.29, 0.717) is 11.5 Å². The van der Waals surface area contributed by atoms with E-state index in [1.807, 2.05) is 7.05 Å². The molecule has 0 aromatic heterocycles. The molecule has 0 fully saturated rings. The minimum atomic E-state index is 0.378. The van der Waals surface area contributed by atoms with Gasteiger partial charge in [0.25, 0.3) is 0 Å². The molecule has 1 unspecified atom stereocenters. The summed E-state index contributed by atoms with van der Waals surface area (Å²) in [5, 5.41) is 3.29. The number of ether oxygens (including phenoxy) is 1. The van der Waals surface area contributed by atoms with Gasteiger partial charge in [0.15, 0.2) is 0 Å². The van der Waals surface area contributed by atoms with Crippen molar-refractivity contribution in [3.63, 3.8) is 0 Å². The Kier molecular flexibility index (Phi) is 6.35. The third-order valence-electron chi connectivity index (χ3n) is 1.93. The number of likely N-dealkylation sites (N-methyl/N-ethyl adjacent to an activating group) is 1. The van der Waals surface area contributed by atoms with Gasteiger partial charge in [-0.15, -0.1) is 0 Å². The first kappa shape index (κ1) is 12.9. The minimum Gasteiger partial charge on any atom is -0.380 e. The zero-order chi connectivity index (χ0) is 10.3. The summed E-state index contributed by atoms with van der Waals surface area (Å²) in [6.45, 7) is 10.6. The highest BCUT2D eigenvalue weighted by Gasteiger charge is 2.17. The van der Waals surface area contributed by atoms with Crippen molar-refractivity contribution in [3.05, 3.63) is 0 Å². The second-order valence-corrected chi connectivity index (χ2v) is 4.83. The van der Waals surface area contributed by atoms with E-state index in [2.05, 4.69) is 33.0 Å². The van der Waals surface area contributed by atoms with Crippen LogP contribution in [-0.2, 0) is 4.74 Å². The van der Waals surface area contributed by atoms with Crippen molar-refractivity contribution in [2.75, 3.05) is 20.3 Å². The fraction of sp³-hybridized carbons (Fsp3) is 1.00. The highest BCUT2D eigenvalue weighted by molar-refractivity contribution is 4.72. The monoisotopic (exact) mass is 187 g/mol. The molecule has 0 aliphatic heterocycles. The second kappa shape index (κ2) is 6.39. The molecule has 0 spiro atoms. The molecule has 0 aromatic rings. The largest absolute Gasteiger partial charge is 0.380 e. The van der Waals surface area contributed by atoms with Crippen LogP contribution in [0.4, 0.5) is 0 Å². The molecule has 2 nitrogen and oxygen atoms in total. The Morgan fingerprint density at radius 3 is 2.31 bits per heavy atom. The topological polar surface area (TPSA) is 21.3 Å². The van der Waals surface area contributed by atoms with Crippen molar-refractivity contribution in [1.82, 2.24) is 5.32 Å². The lowest BCUT2D eigenvalue weighted by Crippen LogP contribution is -2.34. The van der Waals surface area contributed by atoms with E-state index < -0.39 is 0 Å². The maximum absolute atomic E-state index is 5.52. The van der Waals surface area contributed by atoms with Crippen molar-refractivity contribution in [3.8, 4) is 0 Å². The van der Waals surface area contributed by atoms with Gasteiger partial charge in [-0.3, -0.25) is 0 Å². The zero-order valence-corrected chi connectivity index (χ0v) is 9.81. The quantitative estimate of drug-likeness (QED) is 0.645. The molecule has 0 saturated heterocycles. The van der Waals surface area contributed by atoms with Crippen molar-refractivity contribution < 1.29 is 4.74 Å². The van der Waals surface area contributed by atoms with Gasteiger partial charge in [-0.25, -0.2) is 0 Å². The number of rotatable bonds is 6. The van der Waals surface area contributed by atoms with Gasteiger partial charge in [-0.05, 0) is 25.3 Å². The molecule has 0 aliphatic carbocycles. The molecule has 80 valence electrons. The third-order valence-corrected chi connectivity index (χ3v) is 1.93. The van der Waals surface area contributed by atoms with Crippen LogP contribution < -0.4 is 5.32 Å². The fourth-order valence-electron chi connectivity index (χ4n) is 1.35. The van der Waals surface area contributed by atoms with E-state index in [4.69, 9.17) is 4.74 Å². The molecule has 1 N–H and O–H groups in total. The Balaban J connectivity index is 3.63. The SMILES string of the molecule is CCCOCC(CC(C)(C)C)NC. The van der Waals surface area contributed by atoms with Gasteiger partial charge in [0.1, 0.15) is 0 Å². The van der Waals surface area contributed by atoms with Gasteiger partial charge in [-0.1, -0.05) is 27.7 Å². The Morgan fingerprint density at radius 2 is 1.92 bits per heavy atom. The summed E-state index contributed by atoms with van der Waals surface area (Å²) in [6.07, 6.45) is 2.26. The van der Waals surface area contributed by atoms with E-state index >= 15 is 0 Å². The molecule has 0 heterocycles. The lowest BCUT2D eigenvalue weighted by Gasteiger charge is -2.25. The first-order chi connectivity index (χ1) is 5.99. The fourth-order valence-corrected chi connectivity index (χ4v) is 1.35. The molecule has 13 heavy (non-hydrogen) atoms. The molecule has 0 aliphatic rings. The smallest absolute Gasteiger partial charge is 0.0619 e. The van der Waals surface area contributed by atoms with Crippen molar-refractivity contribution in [2.24, 2.45) is 5.41 Å². The van der Waals surface area contributed by atoms with Gasteiger partial charge >= 0.3 is 0 Å². The van der Waals surface area contributed by atoms with E-state index in [-0.39, 0.29) is 0 Å². The van der Waals surface area contributed by atoms with Crippen LogP contribution in [0.2, 0.25) is 0 Å². The van der Waals surface area contributed by atoms with E-state index in [9.17, 15) is 0 Å². The second-order valence-electron chi connectivity index (χ2n) is 4.83. The number of hydrogen-bond acceptors (Lipinski definition) is 2. The number of nitrogens with one attached hydrogen (secondary N) is 1. The molecule has 2 heteroatoms. The first-order valence-electron chi connectivity index (χ1n) is 5.24. The number of hydrogen-bond donors (Lipinski definition) is 1. The highest BCUT2D eigenvalue weighted by atomic mass is 16.5. The van der Waals surface area contributed by atoms with Crippen LogP contribution in [0.25, 0.3) is 0 Å². The van der Waals surface area contributed by atoms with Crippen molar-refractivity contribution >= 4 is 0 Å². The van der Waals surface area contributed by atoms with Crippen LogP contribution in [0.5, 0.6) is 0 Å². The van der Waals surface area contributed by atoms with Gasteiger partial charge in [0.05, 0.1) is 6.61 Å². The first-order valence-corrected chi connectivity index (χ1v) is 5.24. The third kappa shape index (κ3) is 8.26. The maximum atomic E-state index is 5.52. The van der Waals surface area contributed by atoms with E-state index in [1.54, 1.807) is 0 Å². The van der Waals surface area contributed by atoms with Gasteiger partial charge in [0, 0.05) is 12.6 Å². The molecule has 0 saturated carbocycles. The minimum absolute atomic E-state index is 0.378. The summed E-state index contributed by atoms with van der Waals surface area (Å²) >= 11 is 0. The van der Waals surface area contributed by atoms with Crippen LogP contribution in [-0.4, -0.2) is 26.3 Å². The lowest BCUT2D eigenvalue weighted by atomic mass is 9.88. The molecule has 0 rings (SSSR count). The molecular weight excluding hydrogens is 162 g/mol. The lowest BCUT2D eigenvalue weighted by molar-refractivity contribution is 0.100. The van der Waals surface area contributed by atoms with Gasteiger partial charge in [-0.2, -0.15) is 0 Å².